The number of hydrogen-bond donors (Lipinski definition) is 0. The highest BCUT2D eigenvalue weighted by atomic mass is 16.6. The van der Waals surface area contributed by atoms with Crippen LogP contribution in [0.2, 0.25) is 0 Å². The molecular formula is C16H15NO4. The number of benzene rings is 2. The first-order valence-corrected chi connectivity index (χ1v) is 6.43. The minimum Gasteiger partial charge on any atom is -0.423 e. The van der Waals surface area contributed by atoms with Gasteiger partial charge in [0, 0.05) is 11.6 Å². The molecule has 0 spiro atoms. The zero-order chi connectivity index (χ0) is 15.6. The van der Waals surface area contributed by atoms with Crippen LogP contribution < -0.4 is 4.74 Å². The van der Waals surface area contributed by atoms with E-state index in [-0.39, 0.29) is 11.3 Å². The van der Waals surface area contributed by atoms with Crippen LogP contribution in [0.4, 0.5) is 5.69 Å². The van der Waals surface area contributed by atoms with E-state index in [1.54, 1.807) is 6.07 Å². The Morgan fingerprint density at radius 2 is 1.86 bits per heavy atom. The maximum absolute atomic E-state index is 12.2. The van der Waals surface area contributed by atoms with Gasteiger partial charge in [-0.3, -0.25) is 10.1 Å². The number of rotatable bonds is 3. The molecule has 0 bridgehead atoms. The lowest BCUT2D eigenvalue weighted by Crippen LogP contribution is -2.12. The van der Waals surface area contributed by atoms with Gasteiger partial charge in [0.05, 0.1) is 10.5 Å². The first kappa shape index (κ1) is 14.7. The third-order valence-electron chi connectivity index (χ3n) is 3.27. The van der Waals surface area contributed by atoms with Crippen molar-refractivity contribution in [2.45, 2.75) is 20.8 Å². The molecule has 0 aromatic heterocycles. The van der Waals surface area contributed by atoms with Gasteiger partial charge in [0.1, 0.15) is 5.75 Å². The molecule has 108 valence electrons. The number of hydrogen-bond acceptors (Lipinski definition) is 4. The van der Waals surface area contributed by atoms with Gasteiger partial charge in [-0.05, 0) is 44.0 Å². The molecule has 2 aromatic carbocycles. The number of nitrogens with zero attached hydrogens (tertiary/aromatic N) is 1. The van der Waals surface area contributed by atoms with Crippen LogP contribution in [-0.4, -0.2) is 10.9 Å². The van der Waals surface area contributed by atoms with Gasteiger partial charge in [-0.1, -0.05) is 18.2 Å². The van der Waals surface area contributed by atoms with Gasteiger partial charge in [0.2, 0.25) is 0 Å². The number of aryl methyl sites for hydroxylation is 2. The molecule has 5 nitrogen and oxygen atoms in total. The summed E-state index contributed by atoms with van der Waals surface area (Å²) in [5.41, 5.74) is 2.21. The van der Waals surface area contributed by atoms with Crippen molar-refractivity contribution < 1.29 is 14.5 Å². The Morgan fingerprint density at radius 1 is 1.14 bits per heavy atom. The largest absolute Gasteiger partial charge is 0.423 e. The lowest BCUT2D eigenvalue weighted by Gasteiger charge is -2.09. The Morgan fingerprint density at radius 3 is 2.52 bits per heavy atom. The quantitative estimate of drug-likeness (QED) is 0.373. The molecule has 2 rings (SSSR count). The highest BCUT2D eigenvalue weighted by Crippen LogP contribution is 2.24. The summed E-state index contributed by atoms with van der Waals surface area (Å²) in [4.78, 5) is 22.6. The standard InChI is InChI=1S/C16H15NO4/c1-10-7-8-11(2)15(9-10)21-16(18)13-5-4-6-14(12(13)3)17(19)20/h4-9H,1-3H3. The average Bonchev–Trinajstić information content (AvgIpc) is 2.42. The van der Waals surface area contributed by atoms with E-state index in [9.17, 15) is 14.9 Å². The van der Waals surface area contributed by atoms with E-state index in [1.807, 2.05) is 26.0 Å². The summed E-state index contributed by atoms with van der Waals surface area (Å²) in [7, 11) is 0. The van der Waals surface area contributed by atoms with Crippen LogP contribution in [0.25, 0.3) is 0 Å². The second kappa shape index (κ2) is 5.75. The second-order valence-corrected chi connectivity index (χ2v) is 4.87. The molecule has 0 heterocycles. The summed E-state index contributed by atoms with van der Waals surface area (Å²) in [5, 5.41) is 10.9. The Bertz CT molecular complexity index is 722. The Kier molecular flexibility index (Phi) is 4.03. The van der Waals surface area contributed by atoms with Crippen LogP contribution in [0.3, 0.4) is 0 Å². The van der Waals surface area contributed by atoms with Crippen molar-refractivity contribution in [1.29, 1.82) is 0 Å². The van der Waals surface area contributed by atoms with E-state index >= 15 is 0 Å². The number of carbonyl (C=O) groups excluding carboxylic acids is 1. The fourth-order valence-electron chi connectivity index (χ4n) is 2.01. The minimum absolute atomic E-state index is 0.0922. The lowest BCUT2D eigenvalue weighted by atomic mass is 10.1. The lowest BCUT2D eigenvalue weighted by molar-refractivity contribution is -0.385. The first-order valence-electron chi connectivity index (χ1n) is 6.43. The third kappa shape index (κ3) is 3.08. The Labute approximate surface area is 122 Å². The summed E-state index contributed by atoms with van der Waals surface area (Å²) in [5.74, 6) is -0.129. The summed E-state index contributed by atoms with van der Waals surface area (Å²) in [6, 6.07) is 9.91. The minimum atomic E-state index is -0.593. The first-order chi connectivity index (χ1) is 9.90. The van der Waals surface area contributed by atoms with E-state index in [0.29, 0.717) is 11.3 Å². The van der Waals surface area contributed by atoms with Gasteiger partial charge in [-0.15, -0.1) is 0 Å². The van der Waals surface area contributed by atoms with Crippen molar-refractivity contribution in [1.82, 2.24) is 0 Å². The van der Waals surface area contributed by atoms with Crippen molar-refractivity contribution in [3.63, 3.8) is 0 Å². The van der Waals surface area contributed by atoms with Crippen molar-refractivity contribution in [2.24, 2.45) is 0 Å². The van der Waals surface area contributed by atoms with E-state index in [2.05, 4.69) is 0 Å². The van der Waals surface area contributed by atoms with E-state index in [0.717, 1.165) is 11.1 Å². The predicted molar refractivity (Wildman–Crippen MR) is 78.7 cm³/mol. The van der Waals surface area contributed by atoms with E-state index < -0.39 is 10.9 Å². The molecule has 2 aromatic rings. The van der Waals surface area contributed by atoms with Gasteiger partial charge < -0.3 is 4.74 Å². The molecule has 0 aliphatic carbocycles. The number of esters is 1. The molecule has 0 amide bonds. The summed E-state index contributed by atoms with van der Waals surface area (Å²) in [6.45, 7) is 5.27. The third-order valence-corrected chi connectivity index (χ3v) is 3.27. The normalized spacial score (nSPS) is 10.2. The van der Waals surface area contributed by atoms with Crippen LogP contribution in [0.15, 0.2) is 36.4 Å². The highest BCUT2D eigenvalue weighted by Gasteiger charge is 2.19. The van der Waals surface area contributed by atoms with Crippen molar-refractivity contribution in [2.75, 3.05) is 0 Å². The second-order valence-electron chi connectivity index (χ2n) is 4.87. The SMILES string of the molecule is Cc1ccc(C)c(OC(=O)c2cccc([N+](=O)[O-])c2C)c1. The molecule has 0 N–H and O–H groups in total. The summed E-state index contributed by atoms with van der Waals surface area (Å²) < 4.78 is 5.37. The smallest absolute Gasteiger partial charge is 0.344 e. The molecule has 0 saturated carbocycles. The van der Waals surface area contributed by atoms with Crippen molar-refractivity contribution in [3.8, 4) is 5.75 Å². The molecule has 0 aliphatic rings. The molecular weight excluding hydrogens is 270 g/mol. The molecule has 0 atom stereocenters. The number of ether oxygens (including phenoxy) is 1. The molecule has 0 unspecified atom stereocenters. The molecule has 0 fully saturated rings. The average molecular weight is 285 g/mol. The number of nitro groups is 1. The summed E-state index contributed by atoms with van der Waals surface area (Å²) >= 11 is 0. The number of nitro benzene ring substituents is 1. The maximum atomic E-state index is 12.2. The zero-order valence-corrected chi connectivity index (χ0v) is 12.0. The van der Waals surface area contributed by atoms with Gasteiger partial charge >= 0.3 is 5.97 Å². The van der Waals surface area contributed by atoms with Crippen LogP contribution in [0.1, 0.15) is 27.0 Å². The fraction of sp³-hybridized carbons (Fsp3) is 0.188. The van der Waals surface area contributed by atoms with Crippen LogP contribution >= 0.6 is 0 Å². The van der Waals surface area contributed by atoms with Crippen LogP contribution in [0.5, 0.6) is 5.75 Å². The highest BCUT2D eigenvalue weighted by molar-refractivity contribution is 5.93. The van der Waals surface area contributed by atoms with Crippen LogP contribution in [-0.2, 0) is 0 Å². The van der Waals surface area contributed by atoms with E-state index in [1.165, 1.54) is 25.1 Å². The van der Waals surface area contributed by atoms with Gasteiger partial charge in [-0.25, -0.2) is 4.79 Å². The van der Waals surface area contributed by atoms with Gasteiger partial charge in [0.15, 0.2) is 0 Å². The molecule has 21 heavy (non-hydrogen) atoms. The predicted octanol–water partition coefficient (Wildman–Crippen LogP) is 3.74. The molecule has 0 radical (unpaired) electrons. The molecule has 0 saturated heterocycles. The van der Waals surface area contributed by atoms with Crippen LogP contribution in [0, 0.1) is 30.9 Å². The van der Waals surface area contributed by atoms with E-state index in [4.69, 9.17) is 4.74 Å². The Hall–Kier alpha value is -2.69. The number of carbonyl (C=O) groups is 1. The Balaban J connectivity index is 2.35. The van der Waals surface area contributed by atoms with Gasteiger partial charge in [-0.2, -0.15) is 0 Å². The zero-order valence-electron chi connectivity index (χ0n) is 12.0. The van der Waals surface area contributed by atoms with Crippen molar-refractivity contribution in [3.05, 3.63) is 68.8 Å². The van der Waals surface area contributed by atoms with Gasteiger partial charge in [0.25, 0.3) is 5.69 Å². The summed E-state index contributed by atoms with van der Waals surface area (Å²) in [6.07, 6.45) is 0. The van der Waals surface area contributed by atoms with Crippen molar-refractivity contribution >= 4 is 11.7 Å². The maximum Gasteiger partial charge on any atom is 0.344 e. The molecule has 5 heteroatoms. The fourth-order valence-corrected chi connectivity index (χ4v) is 2.01. The monoisotopic (exact) mass is 285 g/mol. The molecule has 0 aliphatic heterocycles. The topological polar surface area (TPSA) is 69.4 Å².